The van der Waals surface area contributed by atoms with E-state index >= 15 is 0 Å². The van der Waals surface area contributed by atoms with Gasteiger partial charge >= 0.3 is 0 Å². The van der Waals surface area contributed by atoms with E-state index in [1.807, 2.05) is 29.8 Å². The van der Waals surface area contributed by atoms with Crippen molar-refractivity contribution in [2.24, 2.45) is 0 Å². The van der Waals surface area contributed by atoms with Gasteiger partial charge in [0.25, 0.3) is 0 Å². The summed E-state index contributed by atoms with van der Waals surface area (Å²) >= 11 is 4.55. The number of aromatic nitrogens is 2. The number of hydrogen-bond donors (Lipinski definition) is 2. The van der Waals surface area contributed by atoms with E-state index in [9.17, 15) is 9.59 Å². The summed E-state index contributed by atoms with van der Waals surface area (Å²) < 4.78 is 0. The third-order valence-electron chi connectivity index (χ3n) is 3.42. The number of aryl methyl sites for hydroxylation is 1. The van der Waals surface area contributed by atoms with Crippen LogP contribution in [0.3, 0.4) is 0 Å². The van der Waals surface area contributed by atoms with Crippen LogP contribution in [-0.4, -0.2) is 21.8 Å². The zero-order chi connectivity index (χ0) is 18.5. The third kappa shape index (κ3) is 4.96. The van der Waals surface area contributed by atoms with Crippen molar-refractivity contribution in [3.05, 3.63) is 38.5 Å². The predicted molar refractivity (Wildman–Crippen MR) is 107 cm³/mol. The van der Waals surface area contributed by atoms with Gasteiger partial charge in [0.1, 0.15) is 0 Å². The second-order valence-corrected chi connectivity index (χ2v) is 8.49. The Hall–Kier alpha value is -2.10. The molecule has 0 aromatic carbocycles. The molecule has 6 nitrogen and oxygen atoms in total. The molecule has 0 saturated heterocycles. The maximum atomic E-state index is 12.2. The number of carbonyl (C=O) groups excluding carboxylic acids is 2. The van der Waals surface area contributed by atoms with Crippen molar-refractivity contribution in [2.45, 2.75) is 33.2 Å². The highest BCUT2D eigenvalue weighted by molar-refractivity contribution is 7.17. The van der Waals surface area contributed by atoms with E-state index < -0.39 is 0 Å². The molecule has 0 radical (unpaired) electrons. The number of rotatable bonds is 7. The summed E-state index contributed by atoms with van der Waals surface area (Å²) in [5.41, 5.74) is 1.62. The zero-order valence-electron chi connectivity index (χ0n) is 14.4. The van der Waals surface area contributed by atoms with E-state index in [1.165, 1.54) is 18.3 Å². The van der Waals surface area contributed by atoms with Crippen molar-refractivity contribution in [1.29, 1.82) is 0 Å². The molecular weight excluding hydrogens is 388 g/mol. The van der Waals surface area contributed by atoms with Crippen LogP contribution in [0.1, 0.15) is 29.4 Å². The summed E-state index contributed by atoms with van der Waals surface area (Å²) in [4.78, 5) is 34.1. The summed E-state index contributed by atoms with van der Waals surface area (Å²) in [6.07, 6.45) is 1.14. The summed E-state index contributed by atoms with van der Waals surface area (Å²) in [6.45, 7) is 4.06. The molecule has 0 aliphatic carbocycles. The second kappa shape index (κ2) is 8.52. The van der Waals surface area contributed by atoms with Crippen molar-refractivity contribution < 1.29 is 9.59 Å². The number of amides is 2. The molecule has 0 unspecified atom stereocenters. The van der Waals surface area contributed by atoms with Crippen molar-refractivity contribution in [3.8, 4) is 10.6 Å². The molecule has 26 heavy (non-hydrogen) atoms. The van der Waals surface area contributed by atoms with Crippen LogP contribution >= 0.6 is 34.0 Å². The van der Waals surface area contributed by atoms with Gasteiger partial charge in [0.15, 0.2) is 5.13 Å². The van der Waals surface area contributed by atoms with Crippen LogP contribution < -0.4 is 10.6 Å². The first-order valence-corrected chi connectivity index (χ1v) is 10.6. The fraction of sp³-hybridized carbons (Fsp3) is 0.294. The van der Waals surface area contributed by atoms with Crippen LogP contribution in [0, 0.1) is 0 Å². The second-order valence-electron chi connectivity index (χ2n) is 5.52. The number of thiazole rings is 2. The molecule has 0 atom stereocenters. The minimum Gasteiger partial charge on any atom is -0.351 e. The SMILES string of the molecule is CCc1nc(CC(=O)Nc2nc(-c3ccc(CNC(C)=O)s3)cs2)cs1. The van der Waals surface area contributed by atoms with Crippen molar-refractivity contribution >= 4 is 51.0 Å². The van der Waals surface area contributed by atoms with Gasteiger partial charge in [-0.1, -0.05) is 6.92 Å². The highest BCUT2D eigenvalue weighted by atomic mass is 32.1. The Morgan fingerprint density at radius 3 is 2.73 bits per heavy atom. The van der Waals surface area contributed by atoms with E-state index in [4.69, 9.17) is 0 Å². The van der Waals surface area contributed by atoms with Crippen LogP contribution in [0.25, 0.3) is 10.6 Å². The van der Waals surface area contributed by atoms with Gasteiger partial charge in [-0.05, 0) is 18.6 Å². The van der Waals surface area contributed by atoms with Crippen LogP contribution in [0.15, 0.2) is 22.9 Å². The first-order chi connectivity index (χ1) is 12.5. The monoisotopic (exact) mass is 406 g/mol. The highest BCUT2D eigenvalue weighted by Gasteiger charge is 2.12. The number of hydrogen-bond acceptors (Lipinski definition) is 7. The number of nitrogens with one attached hydrogen (secondary N) is 2. The summed E-state index contributed by atoms with van der Waals surface area (Å²) in [6, 6.07) is 3.95. The lowest BCUT2D eigenvalue weighted by molar-refractivity contribution is -0.119. The molecule has 136 valence electrons. The Bertz CT molecular complexity index is 913. The van der Waals surface area contributed by atoms with E-state index in [-0.39, 0.29) is 18.2 Å². The van der Waals surface area contributed by atoms with Crippen LogP contribution in [0.4, 0.5) is 5.13 Å². The first-order valence-electron chi connectivity index (χ1n) is 8.05. The Morgan fingerprint density at radius 1 is 1.15 bits per heavy atom. The molecule has 3 aromatic heterocycles. The zero-order valence-corrected chi connectivity index (χ0v) is 16.8. The van der Waals surface area contributed by atoms with E-state index in [0.29, 0.717) is 11.7 Å². The molecule has 0 aliphatic rings. The number of thiophene rings is 1. The van der Waals surface area contributed by atoms with Crippen LogP contribution in [0.5, 0.6) is 0 Å². The van der Waals surface area contributed by atoms with E-state index in [2.05, 4.69) is 20.6 Å². The first kappa shape index (κ1) is 18.7. The molecule has 0 saturated carbocycles. The minimum atomic E-state index is -0.114. The molecule has 9 heteroatoms. The van der Waals surface area contributed by atoms with Crippen molar-refractivity contribution in [3.63, 3.8) is 0 Å². The minimum absolute atomic E-state index is 0.0511. The maximum absolute atomic E-state index is 12.2. The molecule has 0 aliphatic heterocycles. The van der Waals surface area contributed by atoms with Gasteiger partial charge in [0, 0.05) is 22.6 Å². The molecule has 0 spiro atoms. The number of anilines is 1. The maximum Gasteiger partial charge on any atom is 0.232 e. The lowest BCUT2D eigenvalue weighted by atomic mass is 10.3. The van der Waals surface area contributed by atoms with Gasteiger partial charge in [0.2, 0.25) is 11.8 Å². The largest absolute Gasteiger partial charge is 0.351 e. The fourth-order valence-electron chi connectivity index (χ4n) is 2.19. The van der Waals surface area contributed by atoms with Crippen LogP contribution in [-0.2, 0) is 29.0 Å². The standard InChI is InChI=1S/C17H18N4O2S3/c1-3-16-19-11(8-24-16)6-15(23)21-17-20-13(9-25-17)14-5-4-12(26-14)7-18-10(2)22/h4-5,8-9H,3,6-7H2,1-2H3,(H,18,22)(H,20,21,23). The van der Waals surface area contributed by atoms with E-state index in [0.717, 1.165) is 32.6 Å². The van der Waals surface area contributed by atoms with Gasteiger partial charge in [-0.25, -0.2) is 9.97 Å². The quantitative estimate of drug-likeness (QED) is 0.626. The lowest BCUT2D eigenvalue weighted by Crippen LogP contribution is -2.17. The summed E-state index contributed by atoms with van der Waals surface area (Å²) in [5.74, 6) is -0.166. The molecule has 2 N–H and O–H groups in total. The molecule has 0 bridgehead atoms. The van der Waals surface area contributed by atoms with Gasteiger partial charge < -0.3 is 10.6 Å². The molecule has 0 fully saturated rings. The fourth-order valence-corrected chi connectivity index (χ4v) is 4.64. The average molecular weight is 407 g/mol. The molecular formula is C17H18N4O2S3. The number of nitrogens with zero attached hydrogens (tertiary/aromatic N) is 2. The van der Waals surface area contributed by atoms with Gasteiger partial charge in [-0.15, -0.1) is 34.0 Å². The topological polar surface area (TPSA) is 84.0 Å². The Balaban J connectivity index is 1.59. The normalized spacial score (nSPS) is 10.7. The Labute approximate surface area is 163 Å². The lowest BCUT2D eigenvalue weighted by Gasteiger charge is -1.99. The molecule has 2 amide bonds. The number of carbonyl (C=O) groups is 2. The average Bonchev–Trinajstić information content (AvgIpc) is 3.33. The summed E-state index contributed by atoms with van der Waals surface area (Å²) in [7, 11) is 0. The Kier molecular flexibility index (Phi) is 6.12. The van der Waals surface area contributed by atoms with Gasteiger partial charge in [-0.2, -0.15) is 0 Å². The van der Waals surface area contributed by atoms with Crippen molar-refractivity contribution in [2.75, 3.05) is 5.32 Å². The highest BCUT2D eigenvalue weighted by Crippen LogP contribution is 2.30. The molecule has 3 heterocycles. The molecule has 3 rings (SSSR count). The van der Waals surface area contributed by atoms with Crippen molar-refractivity contribution in [1.82, 2.24) is 15.3 Å². The molecule has 3 aromatic rings. The third-order valence-corrected chi connectivity index (χ3v) is 6.33. The van der Waals surface area contributed by atoms with E-state index in [1.54, 1.807) is 22.7 Å². The smallest absolute Gasteiger partial charge is 0.232 e. The predicted octanol–water partition coefficient (Wildman–Crippen LogP) is 3.71. The van der Waals surface area contributed by atoms with Gasteiger partial charge in [-0.3, -0.25) is 9.59 Å². The van der Waals surface area contributed by atoms with Gasteiger partial charge in [0.05, 0.1) is 34.2 Å². The summed E-state index contributed by atoms with van der Waals surface area (Å²) in [5, 5.41) is 11.1. The van der Waals surface area contributed by atoms with Crippen LogP contribution in [0.2, 0.25) is 0 Å². The Morgan fingerprint density at radius 2 is 2.00 bits per heavy atom.